The van der Waals surface area contributed by atoms with E-state index >= 15 is 0 Å². The molecule has 0 spiro atoms. The molecule has 0 radical (unpaired) electrons. The number of carbonyl (C=O) groups is 1. The molecule has 2 aromatic heterocycles. The van der Waals surface area contributed by atoms with Crippen molar-refractivity contribution < 1.29 is 14.3 Å². The van der Waals surface area contributed by atoms with Gasteiger partial charge in [0.15, 0.2) is 5.82 Å². The highest BCUT2D eigenvalue weighted by Crippen LogP contribution is 2.20. The summed E-state index contributed by atoms with van der Waals surface area (Å²) in [6.07, 6.45) is 2.36. The Morgan fingerprint density at radius 1 is 1.56 bits per heavy atom. The first kappa shape index (κ1) is 12.1. The minimum Gasteiger partial charge on any atom is -0.481 e. The molecular formula is C10H10FN5O2. The van der Waals surface area contributed by atoms with Crippen molar-refractivity contribution in [2.24, 2.45) is 0 Å². The number of nitrogens with zero attached hydrogens (tertiary/aromatic N) is 5. The van der Waals surface area contributed by atoms with Crippen molar-refractivity contribution in [1.29, 1.82) is 0 Å². The van der Waals surface area contributed by atoms with Crippen LogP contribution in [0.1, 0.15) is 19.4 Å². The zero-order valence-electron chi connectivity index (χ0n) is 9.49. The number of carboxylic acids is 1. The van der Waals surface area contributed by atoms with Crippen LogP contribution in [-0.4, -0.2) is 36.3 Å². The molecule has 94 valence electrons. The van der Waals surface area contributed by atoms with E-state index in [4.69, 9.17) is 5.11 Å². The number of hydrogen-bond donors (Lipinski definition) is 1. The first-order valence-corrected chi connectivity index (χ1v) is 5.18. The maximum absolute atomic E-state index is 13.1. The van der Waals surface area contributed by atoms with Crippen LogP contribution in [-0.2, 0) is 4.79 Å². The fourth-order valence-corrected chi connectivity index (χ4v) is 1.55. The number of aliphatic carboxylic acids is 1. The van der Waals surface area contributed by atoms with Gasteiger partial charge in [-0.2, -0.15) is 0 Å². The zero-order valence-corrected chi connectivity index (χ0v) is 9.49. The summed E-state index contributed by atoms with van der Waals surface area (Å²) in [6.45, 7) is 1.67. The molecule has 2 rings (SSSR count). The van der Waals surface area contributed by atoms with Crippen LogP contribution in [0.5, 0.6) is 0 Å². The lowest BCUT2D eigenvalue weighted by Crippen LogP contribution is -2.13. The Balaban J connectivity index is 2.35. The van der Waals surface area contributed by atoms with E-state index in [0.29, 0.717) is 5.56 Å². The maximum Gasteiger partial charge on any atom is 0.305 e. The van der Waals surface area contributed by atoms with Crippen molar-refractivity contribution in [3.05, 3.63) is 24.3 Å². The summed E-state index contributed by atoms with van der Waals surface area (Å²) in [6, 6.07) is 0.804. The standard InChI is InChI=1S/C10H10FN5O2/c1-6(2-9(17)18)16-10(13-14-15-16)7-3-8(11)5-12-4-7/h3-6H,2H2,1H3,(H,17,18). The van der Waals surface area contributed by atoms with Gasteiger partial charge >= 0.3 is 5.97 Å². The number of halogens is 1. The molecule has 2 heterocycles. The number of tetrazole rings is 1. The highest BCUT2D eigenvalue weighted by molar-refractivity contribution is 5.67. The van der Waals surface area contributed by atoms with E-state index in [0.717, 1.165) is 6.20 Å². The molecule has 0 saturated carbocycles. The molecule has 0 aliphatic heterocycles. The van der Waals surface area contributed by atoms with Crippen LogP contribution in [0.4, 0.5) is 4.39 Å². The molecule has 8 heteroatoms. The lowest BCUT2D eigenvalue weighted by molar-refractivity contribution is -0.137. The summed E-state index contributed by atoms with van der Waals surface area (Å²) in [7, 11) is 0. The fourth-order valence-electron chi connectivity index (χ4n) is 1.55. The quantitative estimate of drug-likeness (QED) is 0.867. The predicted octanol–water partition coefficient (Wildman–Crippen LogP) is 0.910. The summed E-state index contributed by atoms with van der Waals surface area (Å²) in [5, 5.41) is 19.7. The van der Waals surface area contributed by atoms with Crippen molar-refractivity contribution >= 4 is 5.97 Å². The highest BCUT2D eigenvalue weighted by atomic mass is 19.1. The van der Waals surface area contributed by atoms with Gasteiger partial charge in [-0.05, 0) is 23.4 Å². The number of rotatable bonds is 4. The minimum atomic E-state index is -0.957. The van der Waals surface area contributed by atoms with Gasteiger partial charge in [-0.3, -0.25) is 9.78 Å². The Morgan fingerprint density at radius 2 is 2.33 bits per heavy atom. The van der Waals surface area contributed by atoms with Crippen LogP contribution in [0.2, 0.25) is 0 Å². The Bertz CT molecular complexity index is 571. The Labute approximate surface area is 101 Å². The lowest BCUT2D eigenvalue weighted by Gasteiger charge is -2.10. The number of hydrogen-bond acceptors (Lipinski definition) is 5. The molecule has 0 bridgehead atoms. The Morgan fingerprint density at radius 3 is 3.00 bits per heavy atom. The molecule has 1 N–H and O–H groups in total. The van der Waals surface area contributed by atoms with Crippen molar-refractivity contribution in [1.82, 2.24) is 25.2 Å². The molecular weight excluding hydrogens is 241 g/mol. The number of carboxylic acid groups (broad SMARTS) is 1. The van der Waals surface area contributed by atoms with Crippen LogP contribution in [0, 0.1) is 5.82 Å². The minimum absolute atomic E-state index is 0.124. The van der Waals surface area contributed by atoms with Crippen LogP contribution in [0.25, 0.3) is 11.4 Å². The summed E-state index contributed by atoms with van der Waals surface area (Å²) < 4.78 is 14.4. The van der Waals surface area contributed by atoms with E-state index < -0.39 is 17.8 Å². The third-order valence-corrected chi connectivity index (χ3v) is 2.34. The summed E-state index contributed by atoms with van der Waals surface area (Å²) in [5.74, 6) is -1.18. The molecule has 0 fully saturated rings. The monoisotopic (exact) mass is 251 g/mol. The molecule has 0 aliphatic carbocycles. The van der Waals surface area contributed by atoms with Gasteiger partial charge in [-0.15, -0.1) is 5.10 Å². The molecule has 7 nitrogen and oxygen atoms in total. The average Bonchev–Trinajstić information content (AvgIpc) is 2.76. The fraction of sp³-hybridized carbons (Fsp3) is 0.300. The molecule has 0 saturated heterocycles. The van der Waals surface area contributed by atoms with E-state index in [1.165, 1.54) is 16.9 Å². The third kappa shape index (κ3) is 2.47. The second-order valence-corrected chi connectivity index (χ2v) is 3.79. The maximum atomic E-state index is 13.1. The smallest absolute Gasteiger partial charge is 0.305 e. The molecule has 18 heavy (non-hydrogen) atoms. The predicted molar refractivity (Wildman–Crippen MR) is 58.0 cm³/mol. The summed E-state index contributed by atoms with van der Waals surface area (Å²) in [5.41, 5.74) is 0.400. The van der Waals surface area contributed by atoms with E-state index in [9.17, 15) is 9.18 Å². The van der Waals surface area contributed by atoms with Crippen molar-refractivity contribution in [2.45, 2.75) is 19.4 Å². The third-order valence-electron chi connectivity index (χ3n) is 2.34. The topological polar surface area (TPSA) is 93.8 Å². The van der Waals surface area contributed by atoms with Gasteiger partial charge in [0.2, 0.25) is 0 Å². The van der Waals surface area contributed by atoms with Crippen LogP contribution >= 0.6 is 0 Å². The summed E-state index contributed by atoms with van der Waals surface area (Å²) in [4.78, 5) is 14.4. The number of aromatic nitrogens is 5. The van der Waals surface area contributed by atoms with Crippen molar-refractivity contribution in [3.8, 4) is 11.4 Å². The van der Waals surface area contributed by atoms with E-state index in [1.807, 2.05) is 0 Å². The van der Waals surface area contributed by atoms with Crippen LogP contribution in [0.15, 0.2) is 18.5 Å². The van der Waals surface area contributed by atoms with Crippen molar-refractivity contribution in [2.75, 3.05) is 0 Å². The van der Waals surface area contributed by atoms with Crippen LogP contribution in [0.3, 0.4) is 0 Å². The second-order valence-electron chi connectivity index (χ2n) is 3.79. The Hall–Kier alpha value is -2.38. The van der Waals surface area contributed by atoms with Crippen LogP contribution < -0.4 is 0 Å². The van der Waals surface area contributed by atoms with E-state index in [1.54, 1.807) is 6.92 Å². The van der Waals surface area contributed by atoms with E-state index in [2.05, 4.69) is 20.5 Å². The first-order chi connectivity index (χ1) is 8.58. The van der Waals surface area contributed by atoms with Gasteiger partial charge in [0.25, 0.3) is 0 Å². The molecule has 0 aliphatic rings. The molecule has 0 aromatic carbocycles. The molecule has 1 unspecified atom stereocenters. The van der Waals surface area contributed by atoms with Gasteiger partial charge < -0.3 is 5.11 Å². The molecule has 1 atom stereocenters. The van der Waals surface area contributed by atoms with Gasteiger partial charge in [-0.1, -0.05) is 0 Å². The highest BCUT2D eigenvalue weighted by Gasteiger charge is 2.17. The van der Waals surface area contributed by atoms with E-state index in [-0.39, 0.29) is 12.2 Å². The van der Waals surface area contributed by atoms with Crippen molar-refractivity contribution in [3.63, 3.8) is 0 Å². The zero-order chi connectivity index (χ0) is 13.1. The van der Waals surface area contributed by atoms with Gasteiger partial charge in [0, 0.05) is 11.8 Å². The van der Waals surface area contributed by atoms with Gasteiger partial charge in [0.05, 0.1) is 18.7 Å². The average molecular weight is 251 g/mol. The summed E-state index contributed by atoms with van der Waals surface area (Å²) >= 11 is 0. The lowest BCUT2D eigenvalue weighted by atomic mass is 10.2. The molecule has 2 aromatic rings. The largest absolute Gasteiger partial charge is 0.481 e. The molecule has 0 amide bonds. The SMILES string of the molecule is CC(CC(=O)O)n1nnnc1-c1cncc(F)c1. The first-order valence-electron chi connectivity index (χ1n) is 5.18. The number of pyridine rings is 1. The second kappa shape index (κ2) is 4.86. The Kier molecular flexibility index (Phi) is 3.26. The van der Waals surface area contributed by atoms with Gasteiger partial charge in [0.1, 0.15) is 5.82 Å². The van der Waals surface area contributed by atoms with Gasteiger partial charge in [-0.25, -0.2) is 9.07 Å². The normalized spacial score (nSPS) is 12.3.